The standard InChI is InChI=1S/C18H17NO2S2/c20-23(21,19-13-12-17-7-4-14-22-17)18-10-8-16(9-11-18)15-5-2-1-3-6-15/h1-11,14,19H,12-13H2. The van der Waals surface area contributed by atoms with Crippen molar-refractivity contribution in [3.63, 3.8) is 0 Å². The van der Waals surface area contributed by atoms with Gasteiger partial charge in [0, 0.05) is 11.4 Å². The van der Waals surface area contributed by atoms with Crippen molar-refractivity contribution < 1.29 is 8.42 Å². The van der Waals surface area contributed by atoms with Gasteiger partial charge in [0.25, 0.3) is 0 Å². The van der Waals surface area contributed by atoms with E-state index in [4.69, 9.17) is 0 Å². The van der Waals surface area contributed by atoms with Crippen molar-refractivity contribution in [3.8, 4) is 11.1 Å². The lowest BCUT2D eigenvalue weighted by molar-refractivity contribution is 0.582. The summed E-state index contributed by atoms with van der Waals surface area (Å²) < 4.78 is 27.3. The molecule has 0 bridgehead atoms. The number of hydrogen-bond donors (Lipinski definition) is 1. The van der Waals surface area contributed by atoms with Crippen LogP contribution in [0.3, 0.4) is 0 Å². The molecular formula is C18H17NO2S2. The summed E-state index contributed by atoms with van der Waals surface area (Å²) in [7, 11) is -3.46. The maximum Gasteiger partial charge on any atom is 0.240 e. The van der Waals surface area contributed by atoms with Crippen molar-refractivity contribution >= 4 is 21.4 Å². The van der Waals surface area contributed by atoms with Crippen molar-refractivity contribution in [1.29, 1.82) is 0 Å². The number of benzene rings is 2. The molecular weight excluding hydrogens is 326 g/mol. The van der Waals surface area contributed by atoms with Gasteiger partial charge in [-0.2, -0.15) is 0 Å². The molecule has 2 aromatic carbocycles. The van der Waals surface area contributed by atoms with Crippen LogP contribution < -0.4 is 4.72 Å². The molecule has 3 aromatic rings. The molecule has 0 unspecified atom stereocenters. The molecule has 3 rings (SSSR count). The predicted octanol–water partition coefficient (Wildman–Crippen LogP) is 3.94. The molecule has 1 N–H and O–H groups in total. The summed E-state index contributed by atoms with van der Waals surface area (Å²) in [6, 6.07) is 20.8. The highest BCUT2D eigenvalue weighted by atomic mass is 32.2. The van der Waals surface area contributed by atoms with Gasteiger partial charge < -0.3 is 0 Å². The smallest absolute Gasteiger partial charge is 0.211 e. The fourth-order valence-corrected chi connectivity index (χ4v) is 4.04. The minimum atomic E-state index is -3.46. The van der Waals surface area contributed by atoms with Crippen LogP contribution in [0.1, 0.15) is 4.88 Å². The maximum absolute atomic E-state index is 12.3. The second-order valence-corrected chi connectivity index (χ2v) is 7.92. The molecule has 3 nitrogen and oxygen atoms in total. The number of hydrogen-bond acceptors (Lipinski definition) is 3. The van der Waals surface area contributed by atoms with E-state index in [2.05, 4.69) is 4.72 Å². The second-order valence-electron chi connectivity index (χ2n) is 5.12. The van der Waals surface area contributed by atoms with Crippen molar-refractivity contribution in [3.05, 3.63) is 77.0 Å². The van der Waals surface area contributed by atoms with Crippen LogP contribution in [0, 0.1) is 0 Å². The van der Waals surface area contributed by atoms with E-state index in [9.17, 15) is 8.42 Å². The van der Waals surface area contributed by atoms with Crippen LogP contribution in [0.4, 0.5) is 0 Å². The maximum atomic E-state index is 12.3. The van der Waals surface area contributed by atoms with Gasteiger partial charge in [0.2, 0.25) is 10.0 Å². The molecule has 5 heteroatoms. The summed E-state index contributed by atoms with van der Waals surface area (Å²) in [4.78, 5) is 1.47. The third kappa shape index (κ3) is 4.07. The fraction of sp³-hybridized carbons (Fsp3) is 0.111. The number of rotatable bonds is 6. The van der Waals surface area contributed by atoms with Gasteiger partial charge in [-0.05, 0) is 41.1 Å². The fourth-order valence-electron chi connectivity index (χ4n) is 2.30. The van der Waals surface area contributed by atoms with Crippen molar-refractivity contribution in [2.45, 2.75) is 11.3 Å². The molecule has 0 saturated carbocycles. The molecule has 0 atom stereocenters. The van der Waals surface area contributed by atoms with Gasteiger partial charge >= 0.3 is 0 Å². The van der Waals surface area contributed by atoms with Crippen LogP contribution in [0.5, 0.6) is 0 Å². The summed E-state index contributed by atoms with van der Waals surface area (Å²) in [6.45, 7) is 0.406. The molecule has 1 heterocycles. The van der Waals surface area contributed by atoms with Crippen molar-refractivity contribution in [2.24, 2.45) is 0 Å². The first kappa shape index (κ1) is 15.9. The molecule has 0 saturated heterocycles. The molecule has 0 spiro atoms. The SMILES string of the molecule is O=S(=O)(NCCc1cccs1)c1ccc(-c2ccccc2)cc1. The second kappa shape index (κ2) is 7.08. The Morgan fingerprint density at radius 3 is 2.17 bits per heavy atom. The zero-order chi connectivity index (χ0) is 16.1. The quantitative estimate of drug-likeness (QED) is 0.737. The molecule has 1 aromatic heterocycles. The van der Waals surface area contributed by atoms with Crippen LogP contribution in [-0.4, -0.2) is 15.0 Å². The predicted molar refractivity (Wildman–Crippen MR) is 95.1 cm³/mol. The van der Waals surface area contributed by atoms with E-state index >= 15 is 0 Å². The Balaban J connectivity index is 1.68. The normalized spacial score (nSPS) is 11.5. The summed E-state index contributed by atoms with van der Waals surface area (Å²) in [5.41, 5.74) is 2.07. The largest absolute Gasteiger partial charge is 0.240 e. The Bertz CT molecular complexity index is 840. The average molecular weight is 343 g/mol. The first-order valence-corrected chi connectivity index (χ1v) is 9.69. The molecule has 23 heavy (non-hydrogen) atoms. The van der Waals surface area contributed by atoms with E-state index in [0.29, 0.717) is 17.9 Å². The summed E-state index contributed by atoms with van der Waals surface area (Å²) >= 11 is 1.63. The minimum absolute atomic E-state index is 0.295. The molecule has 0 aliphatic rings. The zero-order valence-corrected chi connectivity index (χ0v) is 14.1. The Morgan fingerprint density at radius 1 is 0.826 bits per heavy atom. The summed E-state index contributed by atoms with van der Waals surface area (Å²) in [5.74, 6) is 0. The molecule has 0 amide bonds. The third-order valence-corrected chi connectivity index (χ3v) is 5.93. The van der Waals surface area contributed by atoms with E-state index in [1.54, 1.807) is 23.5 Å². The topological polar surface area (TPSA) is 46.2 Å². The molecule has 0 radical (unpaired) electrons. The highest BCUT2D eigenvalue weighted by Gasteiger charge is 2.13. The van der Waals surface area contributed by atoms with Crippen molar-refractivity contribution in [1.82, 2.24) is 4.72 Å². The van der Waals surface area contributed by atoms with E-state index in [0.717, 1.165) is 11.1 Å². The van der Waals surface area contributed by atoms with Crippen LogP contribution in [-0.2, 0) is 16.4 Å². The number of sulfonamides is 1. The number of nitrogens with one attached hydrogen (secondary N) is 1. The monoisotopic (exact) mass is 343 g/mol. The van der Waals surface area contributed by atoms with E-state index < -0.39 is 10.0 Å². The highest BCUT2D eigenvalue weighted by molar-refractivity contribution is 7.89. The van der Waals surface area contributed by atoms with E-state index in [-0.39, 0.29) is 0 Å². The molecule has 118 valence electrons. The van der Waals surface area contributed by atoms with Gasteiger partial charge in [-0.15, -0.1) is 11.3 Å². The summed E-state index contributed by atoms with van der Waals surface area (Å²) in [6.07, 6.45) is 0.707. The van der Waals surface area contributed by atoms with Crippen molar-refractivity contribution in [2.75, 3.05) is 6.54 Å². The van der Waals surface area contributed by atoms with Gasteiger partial charge in [0.05, 0.1) is 4.90 Å². The molecule has 0 aliphatic carbocycles. The van der Waals surface area contributed by atoms with Gasteiger partial charge in [-0.1, -0.05) is 48.5 Å². The van der Waals surface area contributed by atoms with Gasteiger partial charge in [0.1, 0.15) is 0 Å². The van der Waals surface area contributed by atoms with Crippen LogP contribution in [0.25, 0.3) is 11.1 Å². The van der Waals surface area contributed by atoms with Gasteiger partial charge in [-0.25, -0.2) is 13.1 Å². The van der Waals surface area contributed by atoms with E-state index in [1.165, 1.54) is 4.88 Å². The van der Waals surface area contributed by atoms with Crippen LogP contribution in [0.15, 0.2) is 77.0 Å². The average Bonchev–Trinajstić information content (AvgIpc) is 3.09. The minimum Gasteiger partial charge on any atom is -0.211 e. The third-order valence-electron chi connectivity index (χ3n) is 3.52. The Labute approximate surface area is 140 Å². The van der Waals surface area contributed by atoms with Gasteiger partial charge in [-0.3, -0.25) is 0 Å². The lowest BCUT2D eigenvalue weighted by atomic mass is 10.1. The Morgan fingerprint density at radius 2 is 1.52 bits per heavy atom. The lowest BCUT2D eigenvalue weighted by Gasteiger charge is -2.07. The lowest BCUT2D eigenvalue weighted by Crippen LogP contribution is -2.25. The first-order valence-electron chi connectivity index (χ1n) is 7.33. The van der Waals surface area contributed by atoms with Crippen LogP contribution in [0.2, 0.25) is 0 Å². The Kier molecular flexibility index (Phi) is 4.91. The van der Waals surface area contributed by atoms with Gasteiger partial charge in [0.15, 0.2) is 0 Å². The summed E-state index contributed by atoms with van der Waals surface area (Å²) in [5, 5.41) is 1.99. The Hall–Kier alpha value is -1.95. The van der Waals surface area contributed by atoms with E-state index in [1.807, 2.05) is 60.0 Å². The first-order chi connectivity index (χ1) is 11.1. The highest BCUT2D eigenvalue weighted by Crippen LogP contribution is 2.21. The molecule has 0 fully saturated rings. The number of thiophene rings is 1. The zero-order valence-electron chi connectivity index (χ0n) is 12.5. The molecule has 0 aliphatic heterocycles. The van der Waals surface area contributed by atoms with Crippen LogP contribution >= 0.6 is 11.3 Å².